The highest BCUT2D eigenvalue weighted by atomic mass is 16.1. The van der Waals surface area contributed by atoms with E-state index in [1.807, 2.05) is 62.6 Å². The van der Waals surface area contributed by atoms with Gasteiger partial charge in [-0.1, -0.05) is 24.3 Å². The van der Waals surface area contributed by atoms with Crippen LogP contribution in [0.1, 0.15) is 15.9 Å². The number of anilines is 2. The van der Waals surface area contributed by atoms with Crippen LogP contribution in [0.25, 0.3) is 0 Å². The quantitative estimate of drug-likeness (QED) is 0.807. The number of hydrogen-bond acceptors (Lipinski definition) is 3. The summed E-state index contributed by atoms with van der Waals surface area (Å²) in [4.78, 5) is 12.5. The highest BCUT2D eigenvalue weighted by Crippen LogP contribution is 2.23. The summed E-state index contributed by atoms with van der Waals surface area (Å²) in [6.07, 6.45) is 0. The van der Waals surface area contributed by atoms with Crippen molar-refractivity contribution in [2.24, 2.45) is 0 Å². The summed E-state index contributed by atoms with van der Waals surface area (Å²) in [5.74, 6) is 0.0184. The van der Waals surface area contributed by atoms with Crippen molar-refractivity contribution < 1.29 is 4.79 Å². The zero-order chi connectivity index (χ0) is 13.0. The molecule has 2 N–H and O–H groups in total. The largest absolute Gasteiger partial charge is 0.388 e. The van der Waals surface area contributed by atoms with E-state index in [-0.39, 0.29) is 5.78 Å². The molecule has 0 aliphatic rings. The molecule has 3 nitrogen and oxygen atoms in total. The summed E-state index contributed by atoms with van der Waals surface area (Å²) in [6, 6.07) is 15.0. The monoisotopic (exact) mass is 240 g/mol. The van der Waals surface area contributed by atoms with Gasteiger partial charge in [0.05, 0.1) is 0 Å². The predicted molar refractivity (Wildman–Crippen MR) is 75.4 cm³/mol. The number of para-hydroxylation sites is 2. The molecule has 3 heteroatoms. The third-order valence-corrected chi connectivity index (χ3v) is 2.88. The molecule has 2 aromatic carbocycles. The number of hydrogen-bond donors (Lipinski definition) is 2. The molecule has 0 aliphatic carbocycles. The van der Waals surface area contributed by atoms with Crippen molar-refractivity contribution in [3.05, 3.63) is 59.7 Å². The van der Waals surface area contributed by atoms with E-state index in [9.17, 15) is 4.79 Å². The average molecular weight is 240 g/mol. The van der Waals surface area contributed by atoms with E-state index in [0.717, 1.165) is 11.4 Å². The summed E-state index contributed by atoms with van der Waals surface area (Å²) >= 11 is 0. The highest BCUT2D eigenvalue weighted by Gasteiger charge is 2.15. The molecule has 0 aromatic heterocycles. The van der Waals surface area contributed by atoms with Crippen molar-refractivity contribution in [1.29, 1.82) is 0 Å². The molecule has 0 radical (unpaired) electrons. The fourth-order valence-corrected chi connectivity index (χ4v) is 1.94. The Morgan fingerprint density at radius 3 is 1.56 bits per heavy atom. The van der Waals surface area contributed by atoms with Gasteiger partial charge < -0.3 is 10.6 Å². The van der Waals surface area contributed by atoms with E-state index in [1.165, 1.54) is 0 Å². The maximum Gasteiger partial charge on any atom is 0.197 e. The lowest BCUT2D eigenvalue weighted by Crippen LogP contribution is -2.08. The van der Waals surface area contributed by atoms with Crippen LogP contribution in [0.4, 0.5) is 11.4 Å². The minimum Gasteiger partial charge on any atom is -0.388 e. The van der Waals surface area contributed by atoms with Crippen LogP contribution in [-0.4, -0.2) is 19.9 Å². The van der Waals surface area contributed by atoms with Crippen molar-refractivity contribution in [3.63, 3.8) is 0 Å². The van der Waals surface area contributed by atoms with Crippen LogP contribution in [-0.2, 0) is 0 Å². The molecular weight excluding hydrogens is 224 g/mol. The van der Waals surface area contributed by atoms with Crippen LogP contribution in [0, 0.1) is 0 Å². The van der Waals surface area contributed by atoms with Gasteiger partial charge in [-0.05, 0) is 24.3 Å². The van der Waals surface area contributed by atoms with E-state index in [0.29, 0.717) is 11.1 Å². The summed E-state index contributed by atoms with van der Waals surface area (Å²) in [5, 5.41) is 6.08. The van der Waals surface area contributed by atoms with Crippen LogP contribution in [0.2, 0.25) is 0 Å². The van der Waals surface area contributed by atoms with Gasteiger partial charge in [0.15, 0.2) is 5.78 Å². The summed E-state index contributed by atoms with van der Waals surface area (Å²) < 4.78 is 0. The van der Waals surface area contributed by atoms with E-state index < -0.39 is 0 Å². The first kappa shape index (κ1) is 12.2. The number of nitrogens with one attached hydrogen (secondary N) is 2. The molecule has 0 spiro atoms. The van der Waals surface area contributed by atoms with Crippen LogP contribution < -0.4 is 10.6 Å². The smallest absolute Gasteiger partial charge is 0.197 e. The lowest BCUT2D eigenvalue weighted by Gasteiger charge is -2.11. The fourth-order valence-electron chi connectivity index (χ4n) is 1.94. The van der Waals surface area contributed by atoms with Crippen molar-refractivity contribution in [3.8, 4) is 0 Å². The molecule has 0 saturated heterocycles. The third-order valence-electron chi connectivity index (χ3n) is 2.88. The molecule has 92 valence electrons. The normalized spacial score (nSPS) is 9.89. The second-order valence-electron chi connectivity index (χ2n) is 3.92. The minimum absolute atomic E-state index is 0.0184. The first-order valence-corrected chi connectivity index (χ1v) is 5.86. The van der Waals surface area contributed by atoms with Gasteiger partial charge in [-0.3, -0.25) is 4.79 Å². The maximum atomic E-state index is 12.5. The number of rotatable bonds is 4. The number of ketones is 1. The Hall–Kier alpha value is -2.29. The van der Waals surface area contributed by atoms with Crippen LogP contribution in [0.3, 0.4) is 0 Å². The molecule has 0 heterocycles. The molecule has 0 bridgehead atoms. The van der Waals surface area contributed by atoms with Gasteiger partial charge in [0.1, 0.15) is 0 Å². The molecule has 0 atom stereocenters. The van der Waals surface area contributed by atoms with E-state index >= 15 is 0 Å². The second-order valence-corrected chi connectivity index (χ2v) is 3.92. The van der Waals surface area contributed by atoms with Gasteiger partial charge in [-0.2, -0.15) is 0 Å². The van der Waals surface area contributed by atoms with Gasteiger partial charge in [0.25, 0.3) is 0 Å². The Morgan fingerprint density at radius 2 is 1.17 bits per heavy atom. The third kappa shape index (κ3) is 2.20. The van der Waals surface area contributed by atoms with E-state index in [2.05, 4.69) is 10.6 Å². The van der Waals surface area contributed by atoms with Crippen molar-refractivity contribution in [1.82, 2.24) is 0 Å². The van der Waals surface area contributed by atoms with Gasteiger partial charge in [0.2, 0.25) is 0 Å². The van der Waals surface area contributed by atoms with E-state index in [4.69, 9.17) is 0 Å². The molecule has 0 unspecified atom stereocenters. The van der Waals surface area contributed by atoms with Crippen molar-refractivity contribution in [2.45, 2.75) is 0 Å². The van der Waals surface area contributed by atoms with Crippen LogP contribution >= 0.6 is 0 Å². The topological polar surface area (TPSA) is 41.1 Å². The van der Waals surface area contributed by atoms with Gasteiger partial charge in [-0.25, -0.2) is 0 Å². The number of benzene rings is 2. The molecule has 18 heavy (non-hydrogen) atoms. The minimum atomic E-state index is 0.0184. The Labute approximate surface area is 107 Å². The lowest BCUT2D eigenvalue weighted by atomic mass is 10.00. The van der Waals surface area contributed by atoms with Crippen LogP contribution in [0.5, 0.6) is 0 Å². The molecule has 0 fully saturated rings. The SMILES string of the molecule is CNc1ccccc1C(=O)c1ccccc1NC. The zero-order valence-corrected chi connectivity index (χ0v) is 10.5. The van der Waals surface area contributed by atoms with Gasteiger partial charge in [-0.15, -0.1) is 0 Å². The molecule has 2 aromatic rings. The molecule has 0 saturated carbocycles. The zero-order valence-electron chi connectivity index (χ0n) is 10.5. The van der Waals surface area contributed by atoms with Crippen molar-refractivity contribution >= 4 is 17.2 Å². The first-order valence-electron chi connectivity index (χ1n) is 5.86. The van der Waals surface area contributed by atoms with Crippen molar-refractivity contribution in [2.75, 3.05) is 24.7 Å². The van der Waals surface area contributed by atoms with Crippen LogP contribution in [0.15, 0.2) is 48.5 Å². The first-order chi connectivity index (χ1) is 8.77. The Balaban J connectivity index is 2.48. The molecule has 0 amide bonds. The second kappa shape index (κ2) is 5.36. The lowest BCUT2D eigenvalue weighted by molar-refractivity contribution is 0.104. The van der Waals surface area contributed by atoms with Gasteiger partial charge in [0, 0.05) is 36.6 Å². The maximum absolute atomic E-state index is 12.5. The molecule has 0 aliphatic heterocycles. The molecule has 2 rings (SSSR count). The fraction of sp³-hybridized carbons (Fsp3) is 0.133. The van der Waals surface area contributed by atoms with Gasteiger partial charge >= 0.3 is 0 Å². The number of carbonyl (C=O) groups excluding carboxylic acids is 1. The highest BCUT2D eigenvalue weighted by molar-refractivity contribution is 6.15. The van der Waals surface area contributed by atoms with E-state index in [1.54, 1.807) is 0 Å². The number of carbonyl (C=O) groups is 1. The standard InChI is InChI=1S/C15H16N2O/c1-16-13-9-5-3-7-11(13)15(18)12-8-4-6-10-14(12)17-2/h3-10,16-17H,1-2H3. The Kier molecular flexibility index (Phi) is 3.63. The Morgan fingerprint density at radius 1 is 0.778 bits per heavy atom. The average Bonchev–Trinajstić information content (AvgIpc) is 2.46. The summed E-state index contributed by atoms with van der Waals surface area (Å²) in [5.41, 5.74) is 3.05. The summed E-state index contributed by atoms with van der Waals surface area (Å²) in [7, 11) is 3.63. The summed E-state index contributed by atoms with van der Waals surface area (Å²) in [6.45, 7) is 0. The Bertz CT molecular complexity index is 514. The molecular formula is C15H16N2O. The predicted octanol–water partition coefficient (Wildman–Crippen LogP) is 3.00.